The van der Waals surface area contributed by atoms with Gasteiger partial charge in [0.15, 0.2) is 5.65 Å². The van der Waals surface area contributed by atoms with Crippen LogP contribution >= 0.6 is 15.9 Å². The Morgan fingerprint density at radius 3 is 2.70 bits per heavy atom. The number of ether oxygens (including phenoxy) is 1. The van der Waals surface area contributed by atoms with Gasteiger partial charge in [-0.2, -0.15) is 0 Å². The summed E-state index contributed by atoms with van der Waals surface area (Å²) in [7, 11) is 1.68. The third kappa shape index (κ3) is 3.44. The Bertz CT molecular complexity index is 966. The Balaban J connectivity index is 1.42. The fraction of sp³-hybridized carbons (Fsp3) is 0.263. The van der Waals surface area contributed by atoms with Gasteiger partial charge in [0.05, 0.1) is 23.5 Å². The quantitative estimate of drug-likeness (QED) is 0.692. The van der Waals surface area contributed by atoms with Crippen LogP contribution in [0.5, 0.6) is 5.75 Å². The molecule has 1 saturated heterocycles. The molecule has 8 heteroatoms. The number of piperazine rings is 1. The maximum absolute atomic E-state index is 12.7. The van der Waals surface area contributed by atoms with E-state index in [-0.39, 0.29) is 6.03 Å². The average Bonchev–Trinajstić information content (AvgIpc) is 3.12. The van der Waals surface area contributed by atoms with Crippen molar-refractivity contribution in [1.82, 2.24) is 14.3 Å². The van der Waals surface area contributed by atoms with Gasteiger partial charge in [0, 0.05) is 32.4 Å². The first kappa shape index (κ1) is 17.7. The highest BCUT2D eigenvalue weighted by Gasteiger charge is 2.23. The van der Waals surface area contributed by atoms with E-state index in [0.717, 1.165) is 34.6 Å². The van der Waals surface area contributed by atoms with Gasteiger partial charge in [0.1, 0.15) is 11.6 Å². The number of imidazole rings is 1. The SMILES string of the molecule is COc1ccccc1N1CCN(C(=O)Nc2cnc3c(Br)cccn23)CC1. The molecule has 4 rings (SSSR count). The minimum atomic E-state index is -0.114. The monoisotopic (exact) mass is 429 g/mol. The molecule has 1 N–H and O–H groups in total. The van der Waals surface area contributed by atoms with Gasteiger partial charge < -0.3 is 14.5 Å². The zero-order chi connectivity index (χ0) is 18.8. The number of amides is 2. The van der Waals surface area contributed by atoms with Crippen molar-refractivity contribution in [2.75, 3.05) is 43.5 Å². The van der Waals surface area contributed by atoms with Crippen LogP contribution in [0.4, 0.5) is 16.3 Å². The Morgan fingerprint density at radius 1 is 1.15 bits per heavy atom. The number of nitrogens with one attached hydrogen (secondary N) is 1. The van der Waals surface area contributed by atoms with Crippen LogP contribution in [0.2, 0.25) is 0 Å². The first-order valence-corrected chi connectivity index (χ1v) is 9.52. The topological polar surface area (TPSA) is 62.1 Å². The zero-order valence-corrected chi connectivity index (χ0v) is 16.5. The maximum Gasteiger partial charge on any atom is 0.323 e. The predicted molar refractivity (Wildman–Crippen MR) is 109 cm³/mol. The highest BCUT2D eigenvalue weighted by atomic mass is 79.9. The number of carbonyl (C=O) groups is 1. The number of pyridine rings is 1. The summed E-state index contributed by atoms with van der Waals surface area (Å²) in [6.07, 6.45) is 3.55. The molecule has 2 aromatic heterocycles. The lowest BCUT2D eigenvalue weighted by molar-refractivity contribution is 0.208. The fourth-order valence-electron chi connectivity index (χ4n) is 3.30. The smallest absolute Gasteiger partial charge is 0.323 e. The molecular weight excluding hydrogens is 410 g/mol. The maximum atomic E-state index is 12.7. The van der Waals surface area contributed by atoms with E-state index in [0.29, 0.717) is 18.9 Å². The highest BCUT2D eigenvalue weighted by molar-refractivity contribution is 9.10. The predicted octanol–water partition coefficient (Wildman–Crippen LogP) is 3.46. The number of benzene rings is 1. The molecule has 7 nitrogen and oxygen atoms in total. The molecule has 3 aromatic rings. The molecule has 140 valence electrons. The molecule has 27 heavy (non-hydrogen) atoms. The molecule has 0 radical (unpaired) electrons. The summed E-state index contributed by atoms with van der Waals surface area (Å²) in [6, 6.07) is 11.7. The first-order chi connectivity index (χ1) is 13.2. The number of urea groups is 1. The molecule has 0 unspecified atom stereocenters. The number of carbonyl (C=O) groups excluding carboxylic acids is 1. The molecule has 0 saturated carbocycles. The lowest BCUT2D eigenvalue weighted by atomic mass is 10.2. The lowest BCUT2D eigenvalue weighted by Crippen LogP contribution is -2.50. The van der Waals surface area contributed by atoms with Crippen LogP contribution in [0.15, 0.2) is 53.3 Å². The van der Waals surface area contributed by atoms with Crippen LogP contribution in [-0.2, 0) is 0 Å². The van der Waals surface area contributed by atoms with Gasteiger partial charge in [-0.05, 0) is 40.2 Å². The van der Waals surface area contributed by atoms with Crippen LogP contribution in [-0.4, -0.2) is 53.6 Å². The molecule has 1 aliphatic rings. The van der Waals surface area contributed by atoms with Gasteiger partial charge in [0.25, 0.3) is 0 Å². The van der Waals surface area contributed by atoms with E-state index in [1.54, 1.807) is 13.3 Å². The molecule has 2 amide bonds. The number of methoxy groups -OCH3 is 1. The second-order valence-corrected chi connectivity index (χ2v) is 7.12. The number of anilines is 2. The summed E-state index contributed by atoms with van der Waals surface area (Å²) in [5.41, 5.74) is 1.83. The van der Waals surface area contributed by atoms with Crippen LogP contribution in [0.1, 0.15) is 0 Å². The summed E-state index contributed by atoms with van der Waals surface area (Å²) in [4.78, 5) is 21.1. The van der Waals surface area contributed by atoms with E-state index >= 15 is 0 Å². The standard InChI is InChI=1S/C19H20BrN5O2/c1-27-16-7-3-2-6-15(16)23-9-11-24(12-10-23)19(26)22-17-13-21-18-14(20)5-4-8-25(17)18/h2-8,13H,9-12H2,1H3,(H,22,26). The van der Waals surface area contributed by atoms with Crippen LogP contribution in [0, 0.1) is 0 Å². The molecule has 1 aromatic carbocycles. The number of nitrogens with zero attached hydrogens (tertiary/aromatic N) is 4. The van der Waals surface area contributed by atoms with Crippen molar-refractivity contribution in [3.8, 4) is 5.75 Å². The van der Waals surface area contributed by atoms with Gasteiger partial charge >= 0.3 is 6.03 Å². The van der Waals surface area contributed by atoms with E-state index in [4.69, 9.17) is 4.74 Å². The minimum Gasteiger partial charge on any atom is -0.495 e. The van der Waals surface area contributed by atoms with Crippen LogP contribution < -0.4 is 15.0 Å². The lowest BCUT2D eigenvalue weighted by Gasteiger charge is -2.36. The fourth-order valence-corrected chi connectivity index (χ4v) is 3.75. The number of fused-ring (bicyclic) bond motifs is 1. The first-order valence-electron chi connectivity index (χ1n) is 8.73. The molecule has 0 aliphatic carbocycles. The van der Waals surface area contributed by atoms with Gasteiger partial charge in [-0.3, -0.25) is 9.72 Å². The number of hydrogen-bond donors (Lipinski definition) is 1. The highest BCUT2D eigenvalue weighted by Crippen LogP contribution is 2.28. The molecule has 1 fully saturated rings. The number of halogens is 1. The third-order valence-corrected chi connectivity index (χ3v) is 5.33. The van der Waals surface area contributed by atoms with Crippen molar-refractivity contribution in [3.05, 3.63) is 53.3 Å². The second-order valence-electron chi connectivity index (χ2n) is 6.27. The molecular formula is C19H20BrN5O2. The normalized spacial score (nSPS) is 14.4. The van der Waals surface area contributed by atoms with E-state index in [1.807, 2.05) is 51.9 Å². The summed E-state index contributed by atoms with van der Waals surface area (Å²) in [5, 5.41) is 2.96. The van der Waals surface area contributed by atoms with Gasteiger partial charge in [0.2, 0.25) is 0 Å². The Labute approximate surface area is 165 Å². The Hall–Kier alpha value is -2.74. The van der Waals surface area contributed by atoms with Crippen molar-refractivity contribution >= 4 is 39.1 Å². The largest absolute Gasteiger partial charge is 0.495 e. The molecule has 0 atom stereocenters. The average molecular weight is 430 g/mol. The third-order valence-electron chi connectivity index (χ3n) is 4.72. The summed E-state index contributed by atoms with van der Waals surface area (Å²) >= 11 is 3.47. The molecule has 0 bridgehead atoms. The molecule has 1 aliphatic heterocycles. The van der Waals surface area contributed by atoms with Crippen LogP contribution in [0.25, 0.3) is 5.65 Å². The molecule has 3 heterocycles. The zero-order valence-electron chi connectivity index (χ0n) is 14.9. The van der Waals surface area contributed by atoms with E-state index in [1.165, 1.54) is 0 Å². The van der Waals surface area contributed by atoms with Crippen LogP contribution in [0.3, 0.4) is 0 Å². The number of para-hydroxylation sites is 2. The second kappa shape index (κ2) is 7.48. The van der Waals surface area contributed by atoms with E-state index in [2.05, 4.69) is 31.1 Å². The number of aromatic nitrogens is 2. The summed E-state index contributed by atoms with van der Waals surface area (Å²) in [6.45, 7) is 2.80. The van der Waals surface area contributed by atoms with Gasteiger partial charge in [-0.1, -0.05) is 12.1 Å². The number of rotatable bonds is 3. The van der Waals surface area contributed by atoms with Gasteiger partial charge in [-0.25, -0.2) is 9.78 Å². The number of hydrogen-bond acceptors (Lipinski definition) is 4. The van der Waals surface area contributed by atoms with Crippen molar-refractivity contribution in [1.29, 1.82) is 0 Å². The van der Waals surface area contributed by atoms with Gasteiger partial charge in [-0.15, -0.1) is 0 Å². The summed E-state index contributed by atoms with van der Waals surface area (Å²) in [5.74, 6) is 1.51. The minimum absolute atomic E-state index is 0.114. The Kier molecular flexibility index (Phi) is 4.89. The van der Waals surface area contributed by atoms with Crippen molar-refractivity contribution in [3.63, 3.8) is 0 Å². The van der Waals surface area contributed by atoms with E-state index < -0.39 is 0 Å². The van der Waals surface area contributed by atoms with Crippen molar-refractivity contribution in [2.24, 2.45) is 0 Å². The van der Waals surface area contributed by atoms with E-state index in [9.17, 15) is 4.79 Å². The van der Waals surface area contributed by atoms with Crippen molar-refractivity contribution < 1.29 is 9.53 Å². The molecule has 0 spiro atoms. The summed E-state index contributed by atoms with van der Waals surface area (Å²) < 4.78 is 8.18. The Morgan fingerprint density at radius 2 is 1.93 bits per heavy atom. The van der Waals surface area contributed by atoms with Crippen molar-refractivity contribution in [2.45, 2.75) is 0 Å².